The molecular formula is C14H10ClNO3. The summed E-state index contributed by atoms with van der Waals surface area (Å²) in [5.41, 5.74) is 0.733. The van der Waals surface area contributed by atoms with Gasteiger partial charge in [-0.05, 0) is 23.8 Å². The van der Waals surface area contributed by atoms with Crippen molar-refractivity contribution in [1.29, 1.82) is 0 Å². The van der Waals surface area contributed by atoms with E-state index in [-0.39, 0.29) is 23.5 Å². The zero-order chi connectivity index (χ0) is 13.8. The lowest BCUT2D eigenvalue weighted by Gasteiger charge is -2.03. The van der Waals surface area contributed by atoms with Gasteiger partial charge in [-0.2, -0.15) is 0 Å². The maximum atomic E-state index is 12.1. The summed E-state index contributed by atoms with van der Waals surface area (Å²) in [5.74, 6) is -0.283. The van der Waals surface area contributed by atoms with Crippen molar-refractivity contribution >= 4 is 23.1 Å². The van der Waals surface area contributed by atoms with Crippen LogP contribution in [-0.2, 0) is 6.42 Å². The van der Waals surface area contributed by atoms with E-state index in [1.165, 1.54) is 18.2 Å². The van der Waals surface area contributed by atoms with Crippen LogP contribution in [0.3, 0.4) is 0 Å². The van der Waals surface area contributed by atoms with E-state index in [2.05, 4.69) is 0 Å². The molecular weight excluding hydrogens is 266 g/mol. The number of ketones is 1. The van der Waals surface area contributed by atoms with Crippen LogP contribution in [0.1, 0.15) is 15.9 Å². The number of benzene rings is 2. The molecule has 0 saturated heterocycles. The molecule has 0 aliphatic heterocycles. The molecule has 0 aliphatic carbocycles. The van der Waals surface area contributed by atoms with Gasteiger partial charge < -0.3 is 0 Å². The maximum Gasteiger partial charge on any atom is 0.280 e. The Labute approximate surface area is 114 Å². The van der Waals surface area contributed by atoms with Gasteiger partial charge in [-0.15, -0.1) is 0 Å². The molecule has 0 spiro atoms. The second-order valence-electron chi connectivity index (χ2n) is 4.00. The number of Topliss-reactive ketones (excluding diaryl/α,β-unsaturated/α-hetero) is 1. The summed E-state index contributed by atoms with van der Waals surface area (Å²) in [6.45, 7) is 0. The molecule has 0 bridgehead atoms. The largest absolute Gasteiger partial charge is 0.294 e. The minimum Gasteiger partial charge on any atom is -0.294 e. The van der Waals surface area contributed by atoms with E-state index in [9.17, 15) is 14.9 Å². The molecule has 0 fully saturated rings. The maximum absolute atomic E-state index is 12.1. The molecule has 0 aliphatic rings. The molecule has 0 heterocycles. The van der Waals surface area contributed by atoms with E-state index in [1.807, 2.05) is 0 Å². The Morgan fingerprint density at radius 3 is 2.37 bits per heavy atom. The zero-order valence-electron chi connectivity index (χ0n) is 9.88. The Bertz CT molecular complexity index is 623. The molecule has 5 heteroatoms. The number of carbonyl (C=O) groups excluding carboxylic acids is 1. The van der Waals surface area contributed by atoms with E-state index < -0.39 is 4.92 Å². The number of carbonyl (C=O) groups is 1. The van der Waals surface area contributed by atoms with Gasteiger partial charge >= 0.3 is 0 Å². The number of hydrogen-bond acceptors (Lipinski definition) is 3. The average Bonchev–Trinajstić information content (AvgIpc) is 2.41. The van der Waals surface area contributed by atoms with Crippen LogP contribution < -0.4 is 0 Å². The summed E-state index contributed by atoms with van der Waals surface area (Å²) in [5, 5.41) is 11.4. The fraction of sp³-hybridized carbons (Fsp3) is 0.0714. The van der Waals surface area contributed by atoms with Crippen molar-refractivity contribution in [2.75, 3.05) is 0 Å². The molecule has 2 aromatic carbocycles. The number of para-hydroxylation sites is 1. The predicted octanol–water partition coefficient (Wildman–Crippen LogP) is 3.67. The molecule has 0 radical (unpaired) electrons. The zero-order valence-corrected chi connectivity index (χ0v) is 10.6. The smallest absolute Gasteiger partial charge is 0.280 e. The first-order valence-corrected chi connectivity index (χ1v) is 5.97. The highest BCUT2D eigenvalue weighted by atomic mass is 35.5. The first-order chi connectivity index (χ1) is 9.08. The van der Waals surface area contributed by atoms with Crippen LogP contribution >= 0.6 is 11.6 Å². The van der Waals surface area contributed by atoms with E-state index >= 15 is 0 Å². The van der Waals surface area contributed by atoms with Crippen molar-refractivity contribution in [3.63, 3.8) is 0 Å². The highest BCUT2D eigenvalue weighted by molar-refractivity contribution is 6.30. The summed E-state index contributed by atoms with van der Waals surface area (Å²) < 4.78 is 0. The fourth-order valence-corrected chi connectivity index (χ4v) is 1.88. The Morgan fingerprint density at radius 1 is 1.11 bits per heavy atom. The SMILES string of the molecule is O=C(Cc1ccc(Cl)cc1)c1ccccc1[N+](=O)[O-]. The van der Waals surface area contributed by atoms with Crippen molar-refractivity contribution < 1.29 is 9.72 Å². The monoisotopic (exact) mass is 275 g/mol. The van der Waals surface area contributed by atoms with Gasteiger partial charge in [0.2, 0.25) is 0 Å². The lowest BCUT2D eigenvalue weighted by Crippen LogP contribution is -2.06. The quantitative estimate of drug-likeness (QED) is 0.486. The first-order valence-electron chi connectivity index (χ1n) is 5.59. The molecule has 0 N–H and O–H groups in total. The van der Waals surface area contributed by atoms with Crippen LogP contribution in [0.4, 0.5) is 5.69 Å². The molecule has 2 aromatic rings. The highest BCUT2D eigenvalue weighted by Gasteiger charge is 2.18. The van der Waals surface area contributed by atoms with Crippen molar-refractivity contribution in [3.8, 4) is 0 Å². The third-order valence-corrected chi connectivity index (χ3v) is 2.93. The minimum absolute atomic E-state index is 0.113. The third kappa shape index (κ3) is 3.17. The number of nitro benzene ring substituents is 1. The van der Waals surface area contributed by atoms with Crippen LogP contribution in [0, 0.1) is 10.1 Å². The third-order valence-electron chi connectivity index (χ3n) is 2.68. The van der Waals surface area contributed by atoms with Crippen molar-refractivity contribution in [2.45, 2.75) is 6.42 Å². The molecule has 0 atom stereocenters. The van der Waals surface area contributed by atoms with Crippen LogP contribution in [-0.4, -0.2) is 10.7 Å². The number of nitrogens with zero attached hydrogens (tertiary/aromatic N) is 1. The van der Waals surface area contributed by atoms with Gasteiger partial charge in [-0.3, -0.25) is 14.9 Å². The van der Waals surface area contributed by atoms with Gasteiger partial charge in [0.15, 0.2) is 5.78 Å². The molecule has 0 saturated carbocycles. The molecule has 0 unspecified atom stereocenters. The van der Waals surface area contributed by atoms with E-state index in [0.29, 0.717) is 5.02 Å². The Hall–Kier alpha value is -2.20. The van der Waals surface area contributed by atoms with Gasteiger partial charge in [-0.1, -0.05) is 35.9 Å². The molecule has 4 nitrogen and oxygen atoms in total. The van der Waals surface area contributed by atoms with Crippen molar-refractivity contribution in [1.82, 2.24) is 0 Å². The summed E-state index contributed by atoms with van der Waals surface area (Å²) >= 11 is 5.76. The van der Waals surface area contributed by atoms with Crippen LogP contribution in [0.15, 0.2) is 48.5 Å². The number of hydrogen-bond donors (Lipinski definition) is 0. The number of halogens is 1. The van der Waals surface area contributed by atoms with E-state index in [1.54, 1.807) is 30.3 Å². The van der Waals surface area contributed by atoms with Gasteiger partial charge in [0.1, 0.15) is 0 Å². The molecule has 0 amide bonds. The van der Waals surface area contributed by atoms with Crippen LogP contribution in [0.25, 0.3) is 0 Å². The minimum atomic E-state index is -0.547. The summed E-state index contributed by atoms with van der Waals surface area (Å²) in [6, 6.07) is 12.8. The van der Waals surface area contributed by atoms with E-state index in [4.69, 9.17) is 11.6 Å². The number of rotatable bonds is 4. The van der Waals surface area contributed by atoms with Crippen molar-refractivity contribution in [3.05, 3.63) is 74.8 Å². The summed E-state index contributed by atoms with van der Waals surface area (Å²) in [6.07, 6.45) is 0.113. The average molecular weight is 276 g/mol. The summed E-state index contributed by atoms with van der Waals surface area (Å²) in [7, 11) is 0. The predicted molar refractivity (Wildman–Crippen MR) is 72.6 cm³/mol. The Kier molecular flexibility index (Phi) is 3.92. The normalized spacial score (nSPS) is 10.2. The second kappa shape index (κ2) is 5.63. The topological polar surface area (TPSA) is 60.2 Å². The molecule has 96 valence electrons. The lowest BCUT2D eigenvalue weighted by molar-refractivity contribution is -0.385. The molecule has 2 rings (SSSR count). The first kappa shape index (κ1) is 13.2. The van der Waals surface area contributed by atoms with Crippen LogP contribution in [0.2, 0.25) is 5.02 Å². The number of nitro groups is 1. The Morgan fingerprint density at radius 2 is 1.74 bits per heavy atom. The fourth-order valence-electron chi connectivity index (χ4n) is 1.75. The molecule has 0 aromatic heterocycles. The van der Waals surface area contributed by atoms with Gasteiger partial charge in [0.05, 0.1) is 10.5 Å². The lowest BCUT2D eigenvalue weighted by atomic mass is 10.0. The van der Waals surface area contributed by atoms with Gasteiger partial charge in [0, 0.05) is 17.5 Å². The van der Waals surface area contributed by atoms with Gasteiger partial charge in [-0.25, -0.2) is 0 Å². The van der Waals surface area contributed by atoms with Crippen LogP contribution in [0.5, 0.6) is 0 Å². The molecule has 19 heavy (non-hydrogen) atoms. The van der Waals surface area contributed by atoms with Crippen molar-refractivity contribution in [2.24, 2.45) is 0 Å². The van der Waals surface area contributed by atoms with E-state index in [0.717, 1.165) is 5.56 Å². The van der Waals surface area contributed by atoms with Gasteiger partial charge in [0.25, 0.3) is 5.69 Å². The Balaban J connectivity index is 2.25. The second-order valence-corrected chi connectivity index (χ2v) is 4.44. The highest BCUT2D eigenvalue weighted by Crippen LogP contribution is 2.20. The standard InChI is InChI=1S/C14H10ClNO3/c15-11-7-5-10(6-8-11)9-14(17)12-3-1-2-4-13(12)16(18)19/h1-8H,9H2. The summed E-state index contributed by atoms with van der Waals surface area (Å²) in [4.78, 5) is 22.4.